The van der Waals surface area contributed by atoms with Gasteiger partial charge in [0, 0.05) is 5.56 Å². The highest BCUT2D eigenvalue weighted by Crippen LogP contribution is 2.25. The van der Waals surface area contributed by atoms with Gasteiger partial charge in [-0.1, -0.05) is 26.0 Å². The Balaban J connectivity index is 2.91. The summed E-state index contributed by atoms with van der Waals surface area (Å²) >= 11 is 0. The van der Waals surface area contributed by atoms with Crippen molar-refractivity contribution in [1.82, 2.24) is 0 Å². The van der Waals surface area contributed by atoms with E-state index in [1.807, 2.05) is 13.8 Å². The lowest BCUT2D eigenvalue weighted by Crippen LogP contribution is -2.15. The summed E-state index contributed by atoms with van der Waals surface area (Å²) in [7, 11) is 0. The van der Waals surface area contributed by atoms with Crippen molar-refractivity contribution < 1.29 is 14.2 Å². The minimum absolute atomic E-state index is 0.00667. The Hall–Kier alpha value is -1.09. The van der Waals surface area contributed by atoms with E-state index < -0.39 is 5.82 Å². The highest BCUT2D eigenvalue weighted by Gasteiger charge is 2.13. The van der Waals surface area contributed by atoms with Crippen LogP contribution in [0.5, 0.6) is 5.75 Å². The minimum atomic E-state index is -0.409. The van der Waals surface area contributed by atoms with Gasteiger partial charge >= 0.3 is 0 Å². The molecule has 1 rings (SSSR count). The summed E-state index contributed by atoms with van der Waals surface area (Å²) < 4.78 is 19.0. The molecule has 2 nitrogen and oxygen atoms in total. The van der Waals surface area contributed by atoms with E-state index in [0.29, 0.717) is 5.56 Å². The minimum Gasteiger partial charge on any atom is -0.487 e. The number of halogens is 1. The van der Waals surface area contributed by atoms with Gasteiger partial charge in [0.1, 0.15) is 0 Å². The van der Waals surface area contributed by atoms with Crippen LogP contribution < -0.4 is 4.74 Å². The Morgan fingerprint density at radius 2 is 2.00 bits per heavy atom. The topological polar surface area (TPSA) is 29.5 Å². The quantitative estimate of drug-likeness (QED) is 0.813. The summed E-state index contributed by atoms with van der Waals surface area (Å²) in [5.74, 6) is -0.220. The molecular weight excluding hydrogens is 195 g/mol. The molecule has 3 heteroatoms. The van der Waals surface area contributed by atoms with E-state index in [9.17, 15) is 4.39 Å². The smallest absolute Gasteiger partial charge is 0.165 e. The van der Waals surface area contributed by atoms with Gasteiger partial charge in [-0.15, -0.1) is 0 Å². The molecule has 0 amide bonds. The van der Waals surface area contributed by atoms with Crippen LogP contribution in [0.3, 0.4) is 0 Å². The van der Waals surface area contributed by atoms with Gasteiger partial charge in [0.25, 0.3) is 0 Å². The molecule has 0 atom stereocenters. The molecule has 0 radical (unpaired) electrons. The molecule has 0 spiro atoms. The lowest BCUT2D eigenvalue weighted by Gasteiger charge is -2.18. The number of aliphatic hydroxyl groups excluding tert-OH is 1. The first-order valence-corrected chi connectivity index (χ1v) is 5.27. The van der Waals surface area contributed by atoms with Gasteiger partial charge in [-0.3, -0.25) is 0 Å². The zero-order valence-electron chi connectivity index (χ0n) is 9.16. The Morgan fingerprint density at radius 3 is 2.53 bits per heavy atom. The van der Waals surface area contributed by atoms with E-state index >= 15 is 0 Å². The Morgan fingerprint density at radius 1 is 1.33 bits per heavy atom. The molecule has 1 N–H and O–H groups in total. The van der Waals surface area contributed by atoms with E-state index in [4.69, 9.17) is 9.84 Å². The van der Waals surface area contributed by atoms with E-state index in [1.54, 1.807) is 12.1 Å². The van der Waals surface area contributed by atoms with Crippen LogP contribution in [0.15, 0.2) is 18.2 Å². The van der Waals surface area contributed by atoms with Crippen LogP contribution >= 0.6 is 0 Å². The van der Waals surface area contributed by atoms with Gasteiger partial charge in [0.15, 0.2) is 11.6 Å². The third kappa shape index (κ3) is 2.93. The molecule has 0 fully saturated rings. The maximum absolute atomic E-state index is 13.4. The molecule has 0 unspecified atom stereocenters. The molecular formula is C12H17FO2. The molecule has 0 heterocycles. The molecule has 15 heavy (non-hydrogen) atoms. The van der Waals surface area contributed by atoms with Crippen molar-refractivity contribution in [3.8, 4) is 5.75 Å². The third-order valence-corrected chi connectivity index (χ3v) is 2.41. The molecule has 0 saturated carbocycles. The maximum Gasteiger partial charge on any atom is 0.165 e. The summed E-state index contributed by atoms with van der Waals surface area (Å²) in [5, 5.41) is 9.05. The highest BCUT2D eigenvalue weighted by atomic mass is 19.1. The molecule has 84 valence electrons. The van der Waals surface area contributed by atoms with Crippen molar-refractivity contribution in [1.29, 1.82) is 0 Å². The van der Waals surface area contributed by atoms with Crippen LogP contribution in [0.4, 0.5) is 4.39 Å². The molecule has 0 saturated heterocycles. The number of ether oxygens (including phenoxy) is 1. The average molecular weight is 212 g/mol. The van der Waals surface area contributed by atoms with Gasteiger partial charge in [0.05, 0.1) is 12.7 Å². The van der Waals surface area contributed by atoms with Crippen LogP contribution in [-0.4, -0.2) is 11.2 Å². The van der Waals surface area contributed by atoms with Gasteiger partial charge in [0.2, 0.25) is 0 Å². The largest absolute Gasteiger partial charge is 0.487 e. The molecule has 0 aromatic heterocycles. The molecule has 1 aromatic rings. The number of rotatable bonds is 5. The second-order valence-corrected chi connectivity index (χ2v) is 3.44. The van der Waals surface area contributed by atoms with Crippen LogP contribution in [0.25, 0.3) is 0 Å². The average Bonchev–Trinajstić information content (AvgIpc) is 2.27. The first-order chi connectivity index (χ1) is 7.22. The first-order valence-electron chi connectivity index (χ1n) is 5.27. The second kappa shape index (κ2) is 5.71. The number of hydrogen-bond acceptors (Lipinski definition) is 2. The van der Waals surface area contributed by atoms with Crippen molar-refractivity contribution in [2.24, 2.45) is 0 Å². The zero-order chi connectivity index (χ0) is 11.3. The maximum atomic E-state index is 13.4. The summed E-state index contributed by atoms with van der Waals surface area (Å²) in [6.07, 6.45) is 1.66. The van der Waals surface area contributed by atoms with Crippen molar-refractivity contribution in [2.45, 2.75) is 39.4 Å². The van der Waals surface area contributed by atoms with Gasteiger partial charge < -0.3 is 9.84 Å². The van der Waals surface area contributed by atoms with Crippen LogP contribution in [0.1, 0.15) is 32.3 Å². The lowest BCUT2D eigenvalue weighted by atomic mass is 10.2. The predicted octanol–water partition coefficient (Wildman–Crippen LogP) is 2.89. The fourth-order valence-electron chi connectivity index (χ4n) is 1.43. The van der Waals surface area contributed by atoms with Crippen LogP contribution in [0, 0.1) is 5.82 Å². The monoisotopic (exact) mass is 212 g/mol. The summed E-state index contributed by atoms with van der Waals surface area (Å²) in [6.45, 7) is 3.79. The normalized spacial score (nSPS) is 10.7. The number of aliphatic hydroxyl groups is 1. The Bertz CT molecular complexity index is 308. The highest BCUT2D eigenvalue weighted by molar-refractivity contribution is 5.34. The molecule has 1 aromatic carbocycles. The molecule has 0 bridgehead atoms. The van der Waals surface area contributed by atoms with Crippen LogP contribution in [0.2, 0.25) is 0 Å². The number of para-hydroxylation sites is 1. The zero-order valence-corrected chi connectivity index (χ0v) is 9.16. The van der Waals surface area contributed by atoms with Crippen molar-refractivity contribution >= 4 is 0 Å². The fourth-order valence-corrected chi connectivity index (χ4v) is 1.43. The number of hydrogen-bond donors (Lipinski definition) is 1. The van der Waals surface area contributed by atoms with Crippen molar-refractivity contribution in [3.05, 3.63) is 29.6 Å². The fraction of sp³-hybridized carbons (Fsp3) is 0.500. The second-order valence-electron chi connectivity index (χ2n) is 3.44. The van der Waals surface area contributed by atoms with E-state index in [1.165, 1.54) is 6.07 Å². The van der Waals surface area contributed by atoms with E-state index in [0.717, 1.165) is 12.8 Å². The van der Waals surface area contributed by atoms with Gasteiger partial charge in [-0.05, 0) is 18.9 Å². The van der Waals surface area contributed by atoms with Gasteiger partial charge in [-0.2, -0.15) is 0 Å². The predicted molar refractivity (Wildman–Crippen MR) is 57.3 cm³/mol. The Labute approximate surface area is 89.7 Å². The van der Waals surface area contributed by atoms with Crippen molar-refractivity contribution in [3.63, 3.8) is 0 Å². The van der Waals surface area contributed by atoms with Crippen LogP contribution in [-0.2, 0) is 6.61 Å². The summed E-state index contributed by atoms with van der Waals surface area (Å²) in [4.78, 5) is 0. The Kier molecular flexibility index (Phi) is 4.56. The standard InChI is InChI=1S/C12H17FO2/c1-3-10(4-2)15-12-9(8-14)6-5-7-11(12)13/h5-7,10,14H,3-4,8H2,1-2H3. The lowest BCUT2D eigenvalue weighted by molar-refractivity contribution is 0.176. The molecule has 0 aliphatic heterocycles. The molecule has 0 aliphatic carbocycles. The first kappa shape index (κ1) is 12.0. The van der Waals surface area contributed by atoms with E-state index in [2.05, 4.69) is 0 Å². The van der Waals surface area contributed by atoms with Crippen molar-refractivity contribution in [2.75, 3.05) is 0 Å². The van der Waals surface area contributed by atoms with E-state index in [-0.39, 0.29) is 18.5 Å². The summed E-state index contributed by atoms with van der Waals surface area (Å²) in [5.41, 5.74) is 0.502. The van der Waals surface area contributed by atoms with Gasteiger partial charge in [-0.25, -0.2) is 4.39 Å². The number of benzene rings is 1. The molecule has 0 aliphatic rings. The third-order valence-electron chi connectivity index (χ3n) is 2.41. The summed E-state index contributed by atoms with van der Waals surface area (Å²) in [6, 6.07) is 4.58. The SMILES string of the molecule is CCC(CC)Oc1c(F)cccc1CO.